The van der Waals surface area contributed by atoms with E-state index in [-0.39, 0.29) is 0 Å². The fourth-order valence-electron chi connectivity index (χ4n) is 1.99. The van der Waals surface area contributed by atoms with Gasteiger partial charge in [-0.05, 0) is 58.9 Å². The van der Waals surface area contributed by atoms with Gasteiger partial charge in [0.2, 0.25) is 0 Å². The number of piperidine rings is 1. The maximum Gasteiger partial charge on any atom is 0.0104 e. The zero-order valence-electron chi connectivity index (χ0n) is 13.7. The van der Waals surface area contributed by atoms with Gasteiger partial charge in [0.25, 0.3) is 0 Å². The smallest absolute Gasteiger partial charge is 0.0104 e. The van der Waals surface area contributed by atoms with E-state index in [0.717, 1.165) is 12.5 Å². The lowest BCUT2D eigenvalue weighted by atomic mass is 9.94. The van der Waals surface area contributed by atoms with Gasteiger partial charge >= 0.3 is 0 Å². The summed E-state index contributed by atoms with van der Waals surface area (Å²) in [5, 5.41) is 6.60. The van der Waals surface area contributed by atoms with Crippen LogP contribution in [0.4, 0.5) is 0 Å². The molecule has 1 heterocycles. The topological polar surface area (TPSA) is 27.3 Å². The second-order valence-electron chi connectivity index (χ2n) is 4.39. The van der Waals surface area contributed by atoms with Crippen molar-refractivity contribution in [3.8, 4) is 0 Å². The Labute approximate surface area is 116 Å². The number of rotatable bonds is 6. The molecule has 0 saturated carbocycles. The highest BCUT2D eigenvalue weighted by Crippen LogP contribution is 2.15. The molecular weight excluding hydrogens is 222 g/mol. The van der Waals surface area contributed by atoms with Crippen molar-refractivity contribution in [3.05, 3.63) is 0 Å². The van der Waals surface area contributed by atoms with Crippen molar-refractivity contribution in [1.82, 2.24) is 15.5 Å². The van der Waals surface area contributed by atoms with Crippen LogP contribution >= 0.6 is 0 Å². The summed E-state index contributed by atoms with van der Waals surface area (Å²) in [5.74, 6) is 0.966. The van der Waals surface area contributed by atoms with Crippen molar-refractivity contribution in [3.63, 3.8) is 0 Å². The summed E-state index contributed by atoms with van der Waals surface area (Å²) in [4.78, 5) is 2.43. The fourth-order valence-corrected chi connectivity index (χ4v) is 1.99. The van der Waals surface area contributed by atoms with E-state index in [0.29, 0.717) is 0 Å². The zero-order chi connectivity index (χ0) is 14.2. The van der Waals surface area contributed by atoms with E-state index in [4.69, 9.17) is 0 Å². The number of hydrogen-bond donors (Lipinski definition) is 2. The monoisotopic (exact) mass is 259 g/mol. The van der Waals surface area contributed by atoms with Gasteiger partial charge in [-0.15, -0.1) is 0 Å². The summed E-state index contributed by atoms with van der Waals surface area (Å²) < 4.78 is 0. The first kappa shape index (κ1) is 20.2. The third kappa shape index (κ3) is 12.3. The van der Waals surface area contributed by atoms with Crippen LogP contribution in [0.5, 0.6) is 0 Å². The van der Waals surface area contributed by atoms with Gasteiger partial charge in [-0.1, -0.05) is 27.7 Å². The van der Waals surface area contributed by atoms with E-state index in [9.17, 15) is 0 Å². The fraction of sp³-hybridized carbons (Fsp3) is 1.00. The predicted octanol–water partition coefficient (Wildman–Crippen LogP) is 2.58. The molecule has 3 heteroatoms. The largest absolute Gasteiger partial charge is 0.318 e. The van der Waals surface area contributed by atoms with Crippen LogP contribution in [0.25, 0.3) is 0 Å². The minimum atomic E-state index is 0.966. The van der Waals surface area contributed by atoms with Gasteiger partial charge in [-0.2, -0.15) is 0 Å². The molecule has 2 N–H and O–H groups in total. The van der Waals surface area contributed by atoms with Crippen molar-refractivity contribution < 1.29 is 0 Å². The number of likely N-dealkylation sites (N-methyl/N-ethyl adjacent to an activating group) is 2. The molecule has 0 atom stereocenters. The van der Waals surface area contributed by atoms with E-state index >= 15 is 0 Å². The first-order valence-electron chi connectivity index (χ1n) is 7.87. The summed E-state index contributed by atoms with van der Waals surface area (Å²) >= 11 is 0. The third-order valence-electron chi connectivity index (χ3n) is 3.12. The van der Waals surface area contributed by atoms with Crippen molar-refractivity contribution in [1.29, 1.82) is 0 Å². The Bertz CT molecular complexity index is 134. The average molecular weight is 259 g/mol. The van der Waals surface area contributed by atoms with Gasteiger partial charge < -0.3 is 15.5 Å². The standard InChI is InChI=1S/C11H25N3.2C2H6/c1-12-8-10-14(2)9-5-11-3-6-13-7-4-11;2*1-2/h11-13H,3-10H2,1-2H3;2*1-2H3. The quantitative estimate of drug-likeness (QED) is 0.768. The minimum absolute atomic E-state index is 0.966. The Hall–Kier alpha value is -0.120. The number of nitrogens with one attached hydrogen (secondary N) is 2. The molecule has 0 aromatic rings. The molecule has 1 aliphatic heterocycles. The highest BCUT2D eigenvalue weighted by molar-refractivity contribution is 4.69. The average Bonchev–Trinajstić information content (AvgIpc) is 2.48. The second kappa shape index (κ2) is 16.9. The Morgan fingerprint density at radius 2 is 1.61 bits per heavy atom. The van der Waals surface area contributed by atoms with Crippen LogP contribution in [0.3, 0.4) is 0 Å². The van der Waals surface area contributed by atoms with Gasteiger partial charge in [0, 0.05) is 13.1 Å². The molecule has 0 aromatic heterocycles. The maximum absolute atomic E-state index is 3.41. The summed E-state index contributed by atoms with van der Waals surface area (Å²) in [6.07, 6.45) is 4.13. The Kier molecular flexibility index (Phi) is 18.9. The molecule has 1 fully saturated rings. The minimum Gasteiger partial charge on any atom is -0.318 e. The van der Waals surface area contributed by atoms with Gasteiger partial charge in [-0.3, -0.25) is 0 Å². The van der Waals surface area contributed by atoms with Gasteiger partial charge in [0.05, 0.1) is 0 Å². The van der Waals surface area contributed by atoms with Crippen LogP contribution < -0.4 is 10.6 Å². The Morgan fingerprint density at radius 3 is 2.11 bits per heavy atom. The molecule has 1 saturated heterocycles. The Balaban J connectivity index is 0. The first-order valence-corrected chi connectivity index (χ1v) is 7.87. The van der Waals surface area contributed by atoms with Gasteiger partial charge in [0.15, 0.2) is 0 Å². The van der Waals surface area contributed by atoms with Crippen LogP contribution in [0.2, 0.25) is 0 Å². The van der Waals surface area contributed by atoms with Gasteiger partial charge in [0.1, 0.15) is 0 Å². The third-order valence-corrected chi connectivity index (χ3v) is 3.12. The molecule has 3 nitrogen and oxygen atoms in total. The number of hydrogen-bond acceptors (Lipinski definition) is 3. The summed E-state index contributed by atoms with van der Waals surface area (Å²) in [6.45, 7) is 14.0. The molecular formula is C15H37N3. The lowest BCUT2D eigenvalue weighted by Crippen LogP contribution is -2.32. The summed E-state index contributed by atoms with van der Waals surface area (Å²) in [5.41, 5.74) is 0. The molecule has 0 bridgehead atoms. The maximum atomic E-state index is 3.41. The lowest BCUT2D eigenvalue weighted by Gasteiger charge is -2.25. The van der Waals surface area contributed by atoms with Crippen molar-refractivity contribution >= 4 is 0 Å². The normalized spacial score (nSPS) is 15.5. The van der Waals surface area contributed by atoms with E-state index in [1.807, 2.05) is 34.7 Å². The summed E-state index contributed by atoms with van der Waals surface area (Å²) in [7, 11) is 4.24. The molecule has 0 spiro atoms. The predicted molar refractivity (Wildman–Crippen MR) is 84.3 cm³/mol. The molecule has 18 heavy (non-hydrogen) atoms. The van der Waals surface area contributed by atoms with Crippen molar-refractivity contribution in [2.75, 3.05) is 46.8 Å². The van der Waals surface area contributed by atoms with Crippen LogP contribution in [0.15, 0.2) is 0 Å². The molecule has 0 unspecified atom stereocenters. The molecule has 0 aromatic carbocycles. The second-order valence-corrected chi connectivity index (χ2v) is 4.39. The van der Waals surface area contributed by atoms with Crippen molar-refractivity contribution in [2.24, 2.45) is 5.92 Å². The van der Waals surface area contributed by atoms with Gasteiger partial charge in [-0.25, -0.2) is 0 Å². The summed E-state index contributed by atoms with van der Waals surface area (Å²) in [6, 6.07) is 0. The SMILES string of the molecule is CC.CC.CNCCN(C)CCC1CCNCC1. The van der Waals surface area contributed by atoms with Crippen molar-refractivity contribution in [2.45, 2.75) is 47.0 Å². The highest BCUT2D eigenvalue weighted by atomic mass is 15.1. The van der Waals surface area contributed by atoms with E-state index in [1.54, 1.807) is 0 Å². The van der Waals surface area contributed by atoms with E-state index in [1.165, 1.54) is 45.4 Å². The van der Waals surface area contributed by atoms with Crippen LogP contribution in [0.1, 0.15) is 47.0 Å². The molecule has 1 rings (SSSR count). The van der Waals surface area contributed by atoms with Crippen LogP contribution in [-0.2, 0) is 0 Å². The lowest BCUT2D eigenvalue weighted by molar-refractivity contribution is 0.272. The first-order chi connectivity index (χ1) is 8.83. The molecule has 1 aliphatic rings. The van der Waals surface area contributed by atoms with E-state index in [2.05, 4.69) is 22.6 Å². The number of nitrogens with zero attached hydrogens (tertiary/aromatic N) is 1. The van der Waals surface area contributed by atoms with Crippen LogP contribution in [-0.4, -0.2) is 51.7 Å². The molecule has 112 valence electrons. The Morgan fingerprint density at radius 1 is 1.06 bits per heavy atom. The molecule has 0 aliphatic carbocycles. The van der Waals surface area contributed by atoms with E-state index < -0.39 is 0 Å². The molecule has 0 radical (unpaired) electrons. The zero-order valence-corrected chi connectivity index (χ0v) is 13.7. The van der Waals surface area contributed by atoms with Crippen LogP contribution in [0, 0.1) is 5.92 Å². The molecule has 0 amide bonds. The highest BCUT2D eigenvalue weighted by Gasteiger charge is 2.12.